The molecule has 25 heteroatoms. The van der Waals surface area contributed by atoms with Gasteiger partial charge in [0.1, 0.15) is 54.9 Å². The molecule has 6 aliphatic carbocycles. The number of ketones is 2. The van der Waals surface area contributed by atoms with E-state index in [1.165, 1.54) is 64.1 Å². The predicted molar refractivity (Wildman–Crippen MR) is 322 cm³/mol. The lowest BCUT2D eigenvalue weighted by atomic mass is 9.44. The summed E-state index contributed by atoms with van der Waals surface area (Å²) in [5, 5.41) is 90.6. The number of fused-ring (bicyclic) bond motifs is 10. The van der Waals surface area contributed by atoms with E-state index in [0.717, 1.165) is 0 Å². The molecule has 0 amide bonds. The average Bonchev–Trinajstić information content (AvgIpc) is 0.678. The summed E-state index contributed by atoms with van der Waals surface area (Å²) >= 11 is 0. The fourth-order valence-corrected chi connectivity index (χ4v) is 15.8. The van der Waals surface area contributed by atoms with Crippen molar-refractivity contribution in [1.82, 2.24) is 0 Å². The van der Waals surface area contributed by atoms with Gasteiger partial charge in [0.25, 0.3) is 0 Å². The molecule has 0 radical (unpaired) electrons. The Morgan fingerprint density at radius 3 is 1.33 bits per heavy atom. The van der Waals surface area contributed by atoms with Gasteiger partial charge < -0.3 is 83.5 Å². The molecule has 0 spiro atoms. The maximum Gasteiger partial charge on any atom is 0.509 e. The van der Waals surface area contributed by atoms with Crippen LogP contribution in [0.5, 0.6) is 0 Å². The van der Waals surface area contributed by atoms with E-state index in [4.69, 9.17) is 43.0 Å². The first-order valence-electron chi connectivity index (χ1n) is 29.9. The van der Waals surface area contributed by atoms with Crippen LogP contribution in [0.25, 0.3) is 0 Å². The quantitative estimate of drug-likeness (QED) is 0.0832. The zero-order chi connectivity index (χ0) is 67.5. The van der Waals surface area contributed by atoms with Crippen molar-refractivity contribution in [1.29, 1.82) is 0 Å². The number of Topliss-reactive ketones (excluding diaryl/α,β-unsaturated/α-hetero) is 2. The van der Waals surface area contributed by atoms with Gasteiger partial charge in [0, 0.05) is 50.4 Å². The summed E-state index contributed by atoms with van der Waals surface area (Å²) in [6, 6.07) is 16.1. The van der Waals surface area contributed by atoms with Crippen molar-refractivity contribution in [2.75, 3.05) is 26.4 Å². The molecule has 18 atom stereocenters. The largest absolute Gasteiger partial charge is 0.509 e. The van der Waals surface area contributed by atoms with E-state index >= 15 is 0 Å². The summed E-state index contributed by atoms with van der Waals surface area (Å²) in [5.74, 6) is -7.42. The van der Waals surface area contributed by atoms with Gasteiger partial charge in [-0.25, -0.2) is 19.2 Å². The molecule has 2 aromatic rings. The van der Waals surface area contributed by atoms with E-state index in [0.29, 0.717) is 5.57 Å². The fourth-order valence-electron chi connectivity index (χ4n) is 15.8. The molecular formula is C67H86O25. The molecule has 8 aliphatic rings. The van der Waals surface area contributed by atoms with Gasteiger partial charge in [-0.05, 0) is 74.3 Å². The molecule has 504 valence electrons. The topological polar surface area (TPSA) is 381 Å². The van der Waals surface area contributed by atoms with E-state index in [-0.39, 0.29) is 87.4 Å². The first kappa shape index (κ1) is 72.2. The molecule has 0 aromatic heterocycles. The summed E-state index contributed by atoms with van der Waals surface area (Å²) in [6.45, 7) is 21.0. The highest BCUT2D eigenvalue weighted by Gasteiger charge is 2.80. The Hall–Kier alpha value is -7.20. The molecule has 92 heavy (non-hydrogen) atoms. The zero-order valence-corrected chi connectivity index (χ0v) is 52.4. The monoisotopic (exact) mass is 1290 g/mol. The van der Waals surface area contributed by atoms with Crippen LogP contribution < -0.4 is 0 Å². The number of aliphatic hydroxyl groups excluding tert-OH is 5. The number of aliphatic hydroxyl groups is 7. The number of benzene rings is 2. The third-order valence-corrected chi connectivity index (χ3v) is 20.7. The minimum absolute atomic E-state index is 0. The molecule has 4 bridgehead atoms. The van der Waals surface area contributed by atoms with Gasteiger partial charge in [0.05, 0.1) is 71.4 Å². The standard InChI is InChI=1S/C33H40O12.C29H36O10.C4H6O3.CH4/c1-7-13-41-29(39)43-24-23-17(2)20(35)15-33(40,30(23,4)5)27(44-28(38)19-11-9-8-10-12-19)25-31(6,26(24)37)21(36)14-22-32(25,16-42-22)45-18(3)34;1-14-17(31)12-29(36)24(38-25(35)16-9-7-6-8-10-16)22-27(5,23(34)21(33)20(14)26(29,3)4)18(32)11-19-28(22,13-37-19)39-15(2)30;1-2-3-7-4(5)6;/h7-12,20-22,24-25,27,35-36,40H,1,13-16H2,2-6H3;6-10,17-19,21-22,24,31-33,36H,11-13H2,1-5H3;2H,1,3H2,(H,5,6);1H4/t20-,21-,22+,24+,25?,27-,31+,32-,33+;17-,18-,19+,21+,22?,24-,27+,28-,29+;;/m00../s1. The van der Waals surface area contributed by atoms with Gasteiger partial charge in [-0.2, -0.15) is 0 Å². The second-order valence-electron chi connectivity index (χ2n) is 26.2. The predicted octanol–water partition coefficient (Wildman–Crippen LogP) is 5.01. The summed E-state index contributed by atoms with van der Waals surface area (Å²) < 4.78 is 50.3. The fraction of sp³-hybridized carbons (Fsp3) is 0.582. The Bertz CT molecular complexity index is 3280. The van der Waals surface area contributed by atoms with Gasteiger partial charge in [-0.3, -0.25) is 19.2 Å². The lowest BCUT2D eigenvalue weighted by molar-refractivity contribution is -0.345. The van der Waals surface area contributed by atoms with E-state index < -0.39 is 165 Å². The van der Waals surface area contributed by atoms with Crippen molar-refractivity contribution in [2.24, 2.45) is 33.5 Å². The lowest BCUT2D eigenvalue weighted by Gasteiger charge is -2.67. The van der Waals surface area contributed by atoms with Crippen LogP contribution in [0, 0.1) is 33.5 Å². The molecule has 6 fully saturated rings. The van der Waals surface area contributed by atoms with Gasteiger partial charge in [-0.15, -0.1) is 0 Å². The van der Waals surface area contributed by atoms with Crippen molar-refractivity contribution in [2.45, 2.75) is 186 Å². The smallest absolute Gasteiger partial charge is 0.455 e. The highest BCUT2D eigenvalue weighted by molar-refractivity contribution is 5.96. The molecule has 4 saturated carbocycles. The van der Waals surface area contributed by atoms with E-state index in [1.807, 2.05) is 0 Å². The van der Waals surface area contributed by atoms with Crippen LogP contribution in [0.2, 0.25) is 0 Å². The molecule has 10 rings (SSSR count). The maximum absolute atomic E-state index is 15.0. The van der Waals surface area contributed by atoms with Crippen LogP contribution in [-0.2, 0) is 61.8 Å². The van der Waals surface area contributed by atoms with Crippen molar-refractivity contribution < 1.29 is 122 Å². The van der Waals surface area contributed by atoms with Gasteiger partial charge >= 0.3 is 36.2 Å². The average molecular weight is 1290 g/mol. The van der Waals surface area contributed by atoms with Gasteiger partial charge in [-0.1, -0.05) is 96.8 Å². The summed E-state index contributed by atoms with van der Waals surface area (Å²) in [6.07, 6.45) is -14.8. The lowest BCUT2D eigenvalue weighted by Crippen LogP contribution is -2.81. The minimum atomic E-state index is -2.17. The number of esters is 4. The van der Waals surface area contributed by atoms with Crippen LogP contribution >= 0.6 is 0 Å². The first-order valence-corrected chi connectivity index (χ1v) is 29.9. The molecule has 2 saturated heterocycles. The molecule has 25 nitrogen and oxygen atoms in total. The minimum Gasteiger partial charge on any atom is -0.455 e. The van der Waals surface area contributed by atoms with Crippen LogP contribution in [-0.4, -0.2) is 198 Å². The van der Waals surface area contributed by atoms with E-state index in [2.05, 4.69) is 17.9 Å². The van der Waals surface area contributed by atoms with Crippen molar-refractivity contribution in [3.8, 4) is 0 Å². The second-order valence-corrected chi connectivity index (χ2v) is 26.2. The molecule has 2 aliphatic heterocycles. The highest BCUT2D eigenvalue weighted by atomic mass is 16.7. The van der Waals surface area contributed by atoms with Crippen molar-refractivity contribution in [3.05, 3.63) is 119 Å². The maximum atomic E-state index is 15.0. The third kappa shape index (κ3) is 11.6. The normalized spacial score (nSPS) is 37.4. The first-order chi connectivity index (χ1) is 42.5. The Labute approximate surface area is 532 Å². The zero-order valence-electron chi connectivity index (χ0n) is 52.4. The van der Waals surface area contributed by atoms with Crippen LogP contribution in [0.3, 0.4) is 0 Å². The SMILES string of the molecule is C.C=CCOC(=O)O.C=CCOC(=O)O[C@H]1C(=O)[C@@]2(C)C([C@H](OC(=O)c3ccccc3)[C@]3(O)C[C@H](O)C(C)=C1C3(C)C)[C@]1(OC(C)=O)CO[C@@H]1C[C@@H]2O.CC(=O)O[C@@]12CO[C@@H]1C[C@H](O)[C@@]1(C)C(=O)[C@H](O)C3=C(C)[C@@H](O)C[C@@](O)([C@@H](OC(=O)c4ccccc4)C12)C3(C)C. The van der Waals surface area contributed by atoms with Gasteiger partial charge in [0.15, 0.2) is 28.9 Å². The third-order valence-electron chi connectivity index (χ3n) is 20.7. The van der Waals surface area contributed by atoms with Crippen LogP contribution in [0.4, 0.5) is 9.59 Å². The van der Waals surface area contributed by atoms with Gasteiger partial charge in [0.2, 0.25) is 0 Å². The summed E-state index contributed by atoms with van der Waals surface area (Å²) in [5.41, 5.74) is -13.1. The summed E-state index contributed by atoms with van der Waals surface area (Å²) in [4.78, 5) is 104. The number of hydrogen-bond acceptors (Lipinski definition) is 24. The Balaban J connectivity index is 0.000000236. The van der Waals surface area contributed by atoms with E-state index in [9.17, 15) is 74.1 Å². The number of hydrogen-bond donors (Lipinski definition) is 8. The highest BCUT2D eigenvalue weighted by Crippen LogP contribution is 2.66. The molecule has 8 N–H and O–H groups in total. The molecule has 2 aromatic carbocycles. The van der Waals surface area contributed by atoms with Crippen LogP contribution in [0.1, 0.15) is 123 Å². The number of carbonyl (C=O) groups is 8. The number of carbonyl (C=O) groups excluding carboxylic acids is 7. The van der Waals surface area contributed by atoms with Crippen LogP contribution in [0.15, 0.2) is 108 Å². The summed E-state index contributed by atoms with van der Waals surface area (Å²) in [7, 11) is 0. The Morgan fingerprint density at radius 2 is 0.967 bits per heavy atom. The Kier molecular flexibility index (Phi) is 20.6. The number of rotatable bonds is 11. The second kappa shape index (κ2) is 26.3. The molecule has 2 unspecified atom stereocenters. The number of carboxylic acid groups (broad SMARTS) is 1. The number of ether oxygens (including phenoxy) is 9. The van der Waals surface area contributed by atoms with Crippen molar-refractivity contribution in [3.63, 3.8) is 0 Å². The molecule has 2 heterocycles. The van der Waals surface area contributed by atoms with Crippen molar-refractivity contribution >= 4 is 47.8 Å². The molecular weight excluding hydrogens is 1200 g/mol. The Morgan fingerprint density at radius 1 is 0.587 bits per heavy atom. The van der Waals surface area contributed by atoms with E-state index in [1.54, 1.807) is 77.9 Å².